The lowest BCUT2D eigenvalue weighted by atomic mass is 9.94. The quantitative estimate of drug-likeness (QED) is 0.813. The third-order valence-electron chi connectivity index (χ3n) is 5.77. The number of halogens is 3. The standard InChI is InChI=1S/C17H21F3N6O2/c18-17(19,20)13-8-25(9-13)15-22-3-11(4-23-15)12-6-26(7-12)16(28)24-2-1-10(5-24)14(21)27/h3-4,10,12-13H,1-2,5-9H2,(H2,21,27)/t10-/m0/s1. The molecule has 0 saturated carbocycles. The zero-order chi connectivity index (χ0) is 20.1. The second-order valence-electron chi connectivity index (χ2n) is 7.68. The predicted molar refractivity (Wildman–Crippen MR) is 92.4 cm³/mol. The first-order chi connectivity index (χ1) is 13.2. The third-order valence-corrected chi connectivity index (χ3v) is 5.77. The van der Waals surface area contributed by atoms with Crippen molar-refractivity contribution in [2.45, 2.75) is 18.5 Å². The molecule has 3 aliphatic rings. The van der Waals surface area contributed by atoms with Crippen LogP contribution in [0.25, 0.3) is 0 Å². The van der Waals surface area contributed by atoms with Gasteiger partial charge in [0.1, 0.15) is 0 Å². The van der Waals surface area contributed by atoms with Gasteiger partial charge in [-0.2, -0.15) is 13.2 Å². The van der Waals surface area contributed by atoms with Crippen molar-refractivity contribution in [3.8, 4) is 0 Å². The van der Waals surface area contributed by atoms with Gasteiger partial charge in [-0.25, -0.2) is 14.8 Å². The summed E-state index contributed by atoms with van der Waals surface area (Å²) < 4.78 is 37.7. The number of likely N-dealkylation sites (tertiary alicyclic amines) is 2. The number of hydrogen-bond acceptors (Lipinski definition) is 5. The number of nitrogens with zero attached hydrogens (tertiary/aromatic N) is 5. The van der Waals surface area contributed by atoms with Gasteiger partial charge in [-0.15, -0.1) is 0 Å². The van der Waals surface area contributed by atoms with Crippen LogP contribution in [0.15, 0.2) is 12.4 Å². The van der Waals surface area contributed by atoms with E-state index < -0.39 is 12.1 Å². The molecule has 1 atom stereocenters. The Hall–Kier alpha value is -2.59. The molecule has 3 saturated heterocycles. The summed E-state index contributed by atoms with van der Waals surface area (Å²) in [5.41, 5.74) is 6.15. The number of carbonyl (C=O) groups excluding carboxylic acids is 2. The largest absolute Gasteiger partial charge is 0.395 e. The molecule has 28 heavy (non-hydrogen) atoms. The summed E-state index contributed by atoms with van der Waals surface area (Å²) in [5, 5.41) is 0. The molecule has 2 N–H and O–H groups in total. The highest BCUT2D eigenvalue weighted by Crippen LogP contribution is 2.35. The number of rotatable bonds is 3. The van der Waals surface area contributed by atoms with Gasteiger partial charge in [0.25, 0.3) is 0 Å². The van der Waals surface area contributed by atoms with Gasteiger partial charge in [0.15, 0.2) is 0 Å². The van der Waals surface area contributed by atoms with Gasteiger partial charge in [0.05, 0.1) is 11.8 Å². The fourth-order valence-electron chi connectivity index (χ4n) is 3.77. The Bertz CT molecular complexity index is 759. The van der Waals surface area contributed by atoms with Gasteiger partial charge in [-0.05, 0) is 12.0 Å². The first-order valence-electron chi connectivity index (χ1n) is 9.19. The summed E-state index contributed by atoms with van der Waals surface area (Å²) in [6, 6.07) is -0.101. The molecular weight excluding hydrogens is 377 g/mol. The third kappa shape index (κ3) is 3.45. The second-order valence-corrected chi connectivity index (χ2v) is 7.68. The molecule has 0 unspecified atom stereocenters. The van der Waals surface area contributed by atoms with Crippen molar-refractivity contribution in [3.63, 3.8) is 0 Å². The fourth-order valence-corrected chi connectivity index (χ4v) is 3.77. The highest BCUT2D eigenvalue weighted by molar-refractivity contribution is 5.80. The van der Waals surface area contributed by atoms with E-state index in [0.717, 1.165) is 5.56 Å². The Morgan fingerprint density at radius 3 is 2.21 bits per heavy atom. The van der Waals surface area contributed by atoms with Crippen molar-refractivity contribution in [2.75, 3.05) is 44.2 Å². The topological polar surface area (TPSA) is 95.7 Å². The Morgan fingerprint density at radius 1 is 1.04 bits per heavy atom. The minimum absolute atomic E-state index is 0.101. The van der Waals surface area contributed by atoms with Crippen molar-refractivity contribution < 1.29 is 22.8 Å². The molecule has 1 aromatic rings. The zero-order valence-electron chi connectivity index (χ0n) is 15.1. The molecule has 3 fully saturated rings. The van der Waals surface area contributed by atoms with Crippen LogP contribution in [-0.2, 0) is 4.79 Å². The SMILES string of the molecule is NC(=O)[C@H]1CCN(C(=O)N2CC(c3cnc(N4CC(C(F)(F)F)C4)nc3)C2)C1. The van der Waals surface area contributed by atoms with Gasteiger partial charge >= 0.3 is 12.2 Å². The number of nitrogens with two attached hydrogens (primary N) is 1. The van der Waals surface area contributed by atoms with Crippen molar-refractivity contribution in [2.24, 2.45) is 17.6 Å². The molecule has 3 aliphatic heterocycles. The number of anilines is 1. The van der Waals surface area contributed by atoms with Crippen LogP contribution in [0.4, 0.5) is 23.9 Å². The molecule has 0 bridgehead atoms. The molecule has 0 radical (unpaired) electrons. The van der Waals surface area contributed by atoms with Crippen LogP contribution in [0.1, 0.15) is 17.9 Å². The fraction of sp³-hybridized carbons (Fsp3) is 0.647. The van der Waals surface area contributed by atoms with Crippen molar-refractivity contribution >= 4 is 17.9 Å². The highest BCUT2D eigenvalue weighted by atomic mass is 19.4. The number of hydrogen-bond donors (Lipinski definition) is 1. The molecule has 4 heterocycles. The number of amides is 3. The van der Waals surface area contributed by atoms with Crippen LogP contribution in [0.3, 0.4) is 0 Å². The van der Waals surface area contributed by atoms with Gasteiger partial charge in [0.2, 0.25) is 11.9 Å². The molecule has 0 spiro atoms. The molecular formula is C17H21F3N6O2. The highest BCUT2D eigenvalue weighted by Gasteiger charge is 2.48. The molecule has 0 aromatic carbocycles. The minimum Gasteiger partial charge on any atom is -0.369 e. The van der Waals surface area contributed by atoms with E-state index in [1.165, 1.54) is 4.90 Å². The smallest absolute Gasteiger partial charge is 0.369 e. The number of primary amides is 1. The van der Waals surface area contributed by atoms with E-state index in [2.05, 4.69) is 9.97 Å². The van der Waals surface area contributed by atoms with E-state index in [-0.39, 0.29) is 36.9 Å². The van der Waals surface area contributed by atoms with Crippen LogP contribution in [0.2, 0.25) is 0 Å². The Labute approximate surface area is 159 Å². The first-order valence-corrected chi connectivity index (χ1v) is 9.19. The maximum Gasteiger partial charge on any atom is 0.395 e. The monoisotopic (exact) mass is 398 g/mol. The minimum atomic E-state index is -4.18. The molecule has 4 rings (SSSR count). The molecule has 0 aliphatic carbocycles. The average Bonchev–Trinajstić information content (AvgIpc) is 3.02. The lowest BCUT2D eigenvalue weighted by Crippen LogP contribution is -2.54. The first kappa shape index (κ1) is 18.8. The second kappa shape index (κ2) is 6.78. The molecule has 3 amide bonds. The molecule has 11 heteroatoms. The van der Waals surface area contributed by atoms with E-state index in [1.807, 2.05) is 0 Å². The average molecular weight is 398 g/mol. The van der Waals surface area contributed by atoms with E-state index in [1.54, 1.807) is 22.2 Å². The van der Waals surface area contributed by atoms with Crippen molar-refractivity contribution in [1.29, 1.82) is 0 Å². The normalized spacial score (nSPS) is 23.5. The van der Waals surface area contributed by atoms with Crippen molar-refractivity contribution in [3.05, 3.63) is 18.0 Å². The maximum absolute atomic E-state index is 12.6. The summed E-state index contributed by atoms with van der Waals surface area (Å²) in [6.45, 7) is 1.72. The van der Waals surface area contributed by atoms with Gasteiger partial charge < -0.3 is 20.4 Å². The Morgan fingerprint density at radius 2 is 1.68 bits per heavy atom. The Balaban J connectivity index is 1.26. The summed E-state index contributed by atoms with van der Waals surface area (Å²) in [4.78, 5) is 36.9. The van der Waals surface area contributed by atoms with E-state index >= 15 is 0 Å². The summed E-state index contributed by atoms with van der Waals surface area (Å²) in [7, 11) is 0. The summed E-state index contributed by atoms with van der Waals surface area (Å²) in [6.07, 6.45) is -0.339. The van der Waals surface area contributed by atoms with Crippen molar-refractivity contribution in [1.82, 2.24) is 19.8 Å². The maximum atomic E-state index is 12.6. The van der Waals surface area contributed by atoms with E-state index in [0.29, 0.717) is 38.5 Å². The number of carbonyl (C=O) groups is 2. The van der Waals surface area contributed by atoms with Gasteiger partial charge in [0, 0.05) is 57.6 Å². The lowest BCUT2D eigenvalue weighted by Gasteiger charge is -2.42. The van der Waals surface area contributed by atoms with Crippen LogP contribution >= 0.6 is 0 Å². The van der Waals surface area contributed by atoms with Crippen LogP contribution in [-0.4, -0.2) is 77.2 Å². The number of urea groups is 1. The zero-order valence-corrected chi connectivity index (χ0v) is 15.1. The summed E-state index contributed by atoms with van der Waals surface area (Å²) in [5.74, 6) is -1.57. The lowest BCUT2D eigenvalue weighted by molar-refractivity contribution is -0.180. The number of alkyl halides is 3. The Kier molecular flexibility index (Phi) is 4.54. The van der Waals surface area contributed by atoms with Crippen LogP contribution < -0.4 is 10.6 Å². The van der Waals surface area contributed by atoms with Gasteiger partial charge in [-0.3, -0.25) is 4.79 Å². The van der Waals surface area contributed by atoms with Gasteiger partial charge in [-0.1, -0.05) is 0 Å². The molecule has 1 aromatic heterocycles. The molecule has 8 nitrogen and oxygen atoms in total. The number of aromatic nitrogens is 2. The molecule has 152 valence electrons. The van der Waals surface area contributed by atoms with E-state index in [4.69, 9.17) is 5.73 Å². The predicted octanol–water partition coefficient (Wildman–Crippen LogP) is 0.801. The summed E-state index contributed by atoms with van der Waals surface area (Å²) >= 11 is 0. The van der Waals surface area contributed by atoms with Crippen LogP contribution in [0, 0.1) is 11.8 Å². The van der Waals surface area contributed by atoms with Crippen LogP contribution in [0.5, 0.6) is 0 Å². The van der Waals surface area contributed by atoms with E-state index in [9.17, 15) is 22.8 Å².